The molecule has 0 radical (unpaired) electrons. The van der Waals surface area contributed by atoms with Crippen LogP contribution in [0, 0.1) is 28.8 Å². The molecule has 4 amide bonds. The van der Waals surface area contributed by atoms with Crippen LogP contribution in [0.1, 0.15) is 30.0 Å². The second-order valence-electron chi connectivity index (χ2n) is 9.87. The number of hydrogen-bond acceptors (Lipinski definition) is 8. The number of nitrogens with zero attached hydrogens (tertiary/aromatic N) is 3. The molecule has 1 atom stereocenters. The second kappa shape index (κ2) is 14.0. The van der Waals surface area contributed by atoms with Crippen LogP contribution in [-0.4, -0.2) is 76.0 Å². The summed E-state index contributed by atoms with van der Waals surface area (Å²) in [5.41, 5.74) is 0.374. The van der Waals surface area contributed by atoms with Gasteiger partial charge in [0.2, 0.25) is 0 Å². The first kappa shape index (κ1) is 31.3. The van der Waals surface area contributed by atoms with Crippen LogP contribution >= 0.6 is 0 Å². The summed E-state index contributed by atoms with van der Waals surface area (Å²) in [6.07, 6.45) is 1.47. The van der Waals surface area contributed by atoms with Crippen molar-refractivity contribution in [2.75, 3.05) is 51.9 Å². The molecule has 11 nitrogen and oxygen atoms in total. The molecule has 228 valence electrons. The summed E-state index contributed by atoms with van der Waals surface area (Å²) in [6, 6.07) is 5.33. The maximum absolute atomic E-state index is 14.3. The third-order valence-corrected chi connectivity index (χ3v) is 7.27. The van der Waals surface area contributed by atoms with Gasteiger partial charge in [0, 0.05) is 26.2 Å². The Morgan fingerprint density at radius 3 is 2.51 bits per heavy atom. The summed E-state index contributed by atoms with van der Waals surface area (Å²) in [6.45, 7) is 1.38. The normalized spacial score (nSPS) is 17.3. The monoisotopic (exact) mass is 600 g/mol. The lowest BCUT2D eigenvalue weighted by Crippen LogP contribution is -2.56. The first-order chi connectivity index (χ1) is 20.7. The van der Waals surface area contributed by atoms with Crippen molar-refractivity contribution >= 4 is 23.7 Å². The molecule has 14 heteroatoms. The van der Waals surface area contributed by atoms with E-state index >= 15 is 0 Å². The van der Waals surface area contributed by atoms with Crippen molar-refractivity contribution < 1.29 is 37.0 Å². The molecule has 1 unspecified atom stereocenters. The molecule has 2 aliphatic heterocycles. The fraction of sp³-hybridized carbons (Fsp3) is 0.379. The van der Waals surface area contributed by atoms with E-state index < -0.39 is 41.5 Å². The Kier molecular flexibility index (Phi) is 10.2. The highest BCUT2D eigenvalue weighted by molar-refractivity contribution is 6.01. The Labute approximate surface area is 246 Å². The van der Waals surface area contributed by atoms with Crippen molar-refractivity contribution in [3.63, 3.8) is 0 Å². The molecule has 0 saturated carbocycles. The number of esters is 1. The third kappa shape index (κ3) is 6.90. The Morgan fingerprint density at radius 1 is 1.12 bits per heavy atom. The molecule has 2 aromatic rings. The Balaban J connectivity index is 1.64. The third-order valence-electron chi connectivity index (χ3n) is 7.27. The molecule has 43 heavy (non-hydrogen) atoms. The van der Waals surface area contributed by atoms with Gasteiger partial charge in [0.1, 0.15) is 17.9 Å². The molecule has 0 spiro atoms. The number of nitrogens with one attached hydrogen (secondary N) is 3. The summed E-state index contributed by atoms with van der Waals surface area (Å²) in [4.78, 5) is 42.3. The zero-order chi connectivity index (χ0) is 31.1. The van der Waals surface area contributed by atoms with Crippen LogP contribution in [0.25, 0.3) is 0 Å². The van der Waals surface area contributed by atoms with Crippen molar-refractivity contribution in [2.24, 2.45) is 0 Å². The maximum Gasteiger partial charge on any atom is 0.338 e. The number of carbonyl (C=O) groups is 3. The number of piperidine rings is 1. The van der Waals surface area contributed by atoms with Gasteiger partial charge in [0.25, 0.3) is 0 Å². The lowest BCUT2D eigenvalue weighted by Gasteiger charge is -2.38. The number of imide groups is 1. The molecule has 0 aromatic heterocycles. The first-order valence-electron chi connectivity index (χ1n) is 13.5. The van der Waals surface area contributed by atoms with Crippen molar-refractivity contribution in [1.82, 2.24) is 20.9 Å². The fourth-order valence-electron chi connectivity index (χ4n) is 5.31. The summed E-state index contributed by atoms with van der Waals surface area (Å²) >= 11 is 0. The number of methoxy groups -OCH3 is 2. The molecule has 2 aliphatic rings. The van der Waals surface area contributed by atoms with Gasteiger partial charge in [-0.15, -0.1) is 0 Å². The van der Waals surface area contributed by atoms with Gasteiger partial charge in [0.15, 0.2) is 11.6 Å². The largest absolute Gasteiger partial charge is 0.466 e. The zero-order valence-electron chi connectivity index (χ0n) is 23.6. The second-order valence-corrected chi connectivity index (χ2v) is 9.87. The van der Waals surface area contributed by atoms with Crippen molar-refractivity contribution in [2.45, 2.75) is 24.9 Å². The summed E-state index contributed by atoms with van der Waals surface area (Å²) in [5.74, 6) is -3.87. The van der Waals surface area contributed by atoms with Gasteiger partial charge in [-0.25, -0.2) is 32.5 Å². The summed E-state index contributed by atoms with van der Waals surface area (Å²) in [7, 11) is 2.43. The van der Waals surface area contributed by atoms with Crippen molar-refractivity contribution in [3.05, 3.63) is 76.2 Å². The topological polar surface area (TPSA) is 136 Å². The zero-order valence-corrected chi connectivity index (χ0v) is 23.6. The van der Waals surface area contributed by atoms with Gasteiger partial charge in [-0.1, -0.05) is 6.07 Å². The van der Waals surface area contributed by atoms with E-state index in [2.05, 4.69) is 16.0 Å². The van der Waals surface area contributed by atoms with E-state index in [1.165, 1.54) is 19.2 Å². The minimum atomic E-state index is -1.48. The van der Waals surface area contributed by atoms with Crippen LogP contribution in [0.15, 0.2) is 47.7 Å². The molecule has 1 fully saturated rings. The minimum absolute atomic E-state index is 0.00411. The molecule has 4 rings (SSSR count). The number of rotatable bonds is 9. The quantitative estimate of drug-likeness (QED) is 0.374. The highest BCUT2D eigenvalue weighted by Crippen LogP contribution is 2.35. The number of benzene rings is 2. The Hall–Kier alpha value is -4.61. The van der Waals surface area contributed by atoms with Gasteiger partial charge in [-0.05, 0) is 61.8 Å². The predicted molar refractivity (Wildman–Crippen MR) is 148 cm³/mol. The lowest BCUT2D eigenvalue weighted by atomic mass is 9.93. The number of urea groups is 2. The van der Waals surface area contributed by atoms with E-state index in [9.17, 15) is 32.8 Å². The number of hydrogen-bond donors (Lipinski definition) is 3. The number of ether oxygens (including phenoxy) is 2. The number of amides is 4. The van der Waals surface area contributed by atoms with E-state index in [1.807, 2.05) is 11.0 Å². The number of anilines is 1. The smallest absolute Gasteiger partial charge is 0.338 e. The van der Waals surface area contributed by atoms with Crippen LogP contribution < -0.4 is 20.9 Å². The van der Waals surface area contributed by atoms with Gasteiger partial charge < -0.3 is 30.3 Å². The Bertz CT molecular complexity index is 1460. The number of halogens is 3. The average Bonchev–Trinajstić information content (AvgIpc) is 3.00. The summed E-state index contributed by atoms with van der Waals surface area (Å²) < 4.78 is 52.0. The van der Waals surface area contributed by atoms with E-state index in [0.29, 0.717) is 10.6 Å². The highest BCUT2D eigenvalue weighted by atomic mass is 19.2. The molecule has 0 aliphatic carbocycles. The van der Waals surface area contributed by atoms with Gasteiger partial charge in [-0.3, -0.25) is 0 Å². The van der Waals surface area contributed by atoms with Crippen LogP contribution in [-0.2, 0) is 14.3 Å². The molecule has 3 N–H and O–H groups in total. The van der Waals surface area contributed by atoms with Gasteiger partial charge in [-0.2, -0.15) is 5.26 Å². The SMILES string of the molecule is COCC1=C(C(=O)OC)C(c2ccc(F)c(F)c2)N(C(=O)NCCN(c2ccc(F)cc2C#N)C2CCNCC2)C(=O)N1. The molecule has 2 heterocycles. The fourth-order valence-corrected chi connectivity index (χ4v) is 5.31. The van der Waals surface area contributed by atoms with Gasteiger partial charge >= 0.3 is 18.0 Å². The highest BCUT2D eigenvalue weighted by Gasteiger charge is 2.43. The minimum Gasteiger partial charge on any atom is -0.466 e. The first-order valence-corrected chi connectivity index (χ1v) is 13.5. The van der Waals surface area contributed by atoms with Crippen molar-refractivity contribution in [3.8, 4) is 6.07 Å². The van der Waals surface area contributed by atoms with E-state index in [0.717, 1.165) is 57.3 Å². The number of nitriles is 1. The van der Waals surface area contributed by atoms with Crippen LogP contribution in [0.4, 0.5) is 28.4 Å². The predicted octanol–water partition coefficient (Wildman–Crippen LogP) is 3.08. The van der Waals surface area contributed by atoms with Gasteiger partial charge in [0.05, 0.1) is 36.2 Å². The van der Waals surface area contributed by atoms with E-state index in [-0.39, 0.29) is 48.1 Å². The van der Waals surface area contributed by atoms with Crippen LogP contribution in [0.2, 0.25) is 0 Å². The number of carbonyl (C=O) groups excluding carboxylic acids is 3. The molecule has 0 bridgehead atoms. The average molecular weight is 601 g/mol. The summed E-state index contributed by atoms with van der Waals surface area (Å²) in [5, 5.41) is 18.0. The lowest BCUT2D eigenvalue weighted by molar-refractivity contribution is -0.137. The molecule has 2 aromatic carbocycles. The molecular weight excluding hydrogens is 569 g/mol. The van der Waals surface area contributed by atoms with Crippen molar-refractivity contribution in [1.29, 1.82) is 5.26 Å². The Morgan fingerprint density at radius 2 is 1.86 bits per heavy atom. The standard InChI is InChI=1S/C29H31F3N6O5/c1-42-16-23-25(27(39)43-2)26(17-3-5-21(31)22(32)14-17)38(29(41)36-23)28(40)35-11-12-37(20-7-9-34-10-8-20)24-6-4-19(30)13-18(24)15-33/h3-6,13-14,20,26,34H,7-12,16H2,1-2H3,(H,35,40)(H,36,41). The van der Waals surface area contributed by atoms with Crippen LogP contribution in [0.3, 0.4) is 0 Å². The molecule has 1 saturated heterocycles. The molecular formula is C29H31F3N6O5. The van der Waals surface area contributed by atoms with E-state index in [4.69, 9.17) is 9.47 Å². The maximum atomic E-state index is 14.3. The van der Waals surface area contributed by atoms with Crippen LogP contribution in [0.5, 0.6) is 0 Å². The van der Waals surface area contributed by atoms with E-state index in [1.54, 1.807) is 0 Å².